The van der Waals surface area contributed by atoms with Crippen molar-refractivity contribution in [3.8, 4) is 17.6 Å². The quantitative estimate of drug-likeness (QED) is 0.811. The van der Waals surface area contributed by atoms with Gasteiger partial charge in [-0.3, -0.25) is 0 Å². The second kappa shape index (κ2) is 5.34. The maximum Gasteiger partial charge on any atom is 0.183 e. The molecule has 0 radical (unpaired) electrons. The fourth-order valence-electron chi connectivity index (χ4n) is 1.91. The van der Waals surface area contributed by atoms with E-state index in [-0.39, 0.29) is 5.41 Å². The van der Waals surface area contributed by atoms with Gasteiger partial charge < -0.3 is 4.74 Å². The van der Waals surface area contributed by atoms with Gasteiger partial charge in [-0.15, -0.1) is 0 Å². The topological polar surface area (TPSA) is 45.9 Å². The third-order valence-electron chi connectivity index (χ3n) is 3.14. The lowest BCUT2D eigenvalue weighted by molar-refractivity contribution is 0.473. The predicted octanol–water partition coefficient (Wildman–Crippen LogP) is 4.35. The molecule has 3 nitrogen and oxygen atoms in total. The Balaban J connectivity index is 2.34. The van der Waals surface area contributed by atoms with Crippen LogP contribution in [0.2, 0.25) is 0 Å². The summed E-state index contributed by atoms with van der Waals surface area (Å²) in [5, 5.41) is 9.02. The van der Waals surface area contributed by atoms with Crippen LogP contribution in [0.25, 0.3) is 0 Å². The molecular weight excluding hydrogens is 248 g/mol. The van der Waals surface area contributed by atoms with Crippen LogP contribution in [0.5, 0.6) is 11.5 Å². The molecule has 20 heavy (non-hydrogen) atoms. The van der Waals surface area contributed by atoms with Crippen molar-refractivity contribution in [2.45, 2.75) is 33.1 Å². The second-order valence-electron chi connectivity index (χ2n) is 5.79. The minimum atomic E-state index is 0.107. The minimum Gasteiger partial charge on any atom is -0.454 e. The van der Waals surface area contributed by atoms with Crippen molar-refractivity contribution in [1.82, 2.24) is 4.98 Å². The summed E-state index contributed by atoms with van der Waals surface area (Å²) in [6, 6.07) is 11.7. The Hall–Kier alpha value is -2.34. The summed E-state index contributed by atoms with van der Waals surface area (Å²) in [6.45, 7) is 8.54. The Morgan fingerprint density at radius 1 is 1.15 bits per heavy atom. The summed E-state index contributed by atoms with van der Waals surface area (Å²) in [5.41, 5.74) is 2.71. The first-order valence-corrected chi connectivity index (χ1v) is 6.56. The van der Waals surface area contributed by atoms with E-state index in [1.54, 1.807) is 18.3 Å². The standard InChI is InChI=1S/C17H18N2O/c1-12-10-13(17(2,3)4)7-8-15(12)20-16-6-5-9-19-14(16)11-18/h5-10H,1-4H3. The van der Waals surface area contributed by atoms with Gasteiger partial charge in [0.15, 0.2) is 11.4 Å². The van der Waals surface area contributed by atoms with Gasteiger partial charge in [0.05, 0.1) is 0 Å². The van der Waals surface area contributed by atoms with Crippen molar-refractivity contribution >= 4 is 0 Å². The van der Waals surface area contributed by atoms with Gasteiger partial charge in [0.25, 0.3) is 0 Å². The van der Waals surface area contributed by atoms with Gasteiger partial charge in [-0.1, -0.05) is 32.9 Å². The van der Waals surface area contributed by atoms with Gasteiger partial charge in [0, 0.05) is 6.20 Å². The summed E-state index contributed by atoms with van der Waals surface area (Å²) >= 11 is 0. The summed E-state index contributed by atoms with van der Waals surface area (Å²) in [5.74, 6) is 1.24. The molecule has 1 heterocycles. The van der Waals surface area contributed by atoms with Gasteiger partial charge in [0.2, 0.25) is 0 Å². The van der Waals surface area contributed by atoms with E-state index >= 15 is 0 Å². The number of hydrogen-bond acceptors (Lipinski definition) is 3. The fraction of sp³-hybridized carbons (Fsp3) is 0.294. The van der Waals surface area contributed by atoms with Gasteiger partial charge in [-0.25, -0.2) is 4.98 Å². The molecule has 0 saturated heterocycles. The highest BCUT2D eigenvalue weighted by molar-refractivity contribution is 5.44. The van der Waals surface area contributed by atoms with Crippen LogP contribution in [0, 0.1) is 18.3 Å². The van der Waals surface area contributed by atoms with Crippen molar-refractivity contribution in [3.05, 3.63) is 53.3 Å². The molecule has 0 atom stereocenters. The smallest absolute Gasteiger partial charge is 0.183 e. The average Bonchev–Trinajstić information content (AvgIpc) is 2.40. The second-order valence-corrected chi connectivity index (χ2v) is 5.79. The molecule has 0 bridgehead atoms. The van der Waals surface area contributed by atoms with E-state index in [2.05, 4.69) is 37.9 Å². The summed E-state index contributed by atoms with van der Waals surface area (Å²) in [7, 11) is 0. The van der Waals surface area contributed by atoms with Gasteiger partial charge in [-0.2, -0.15) is 5.26 Å². The number of pyridine rings is 1. The van der Waals surface area contributed by atoms with Crippen molar-refractivity contribution in [2.75, 3.05) is 0 Å². The van der Waals surface area contributed by atoms with E-state index in [1.807, 2.05) is 19.1 Å². The summed E-state index contributed by atoms with van der Waals surface area (Å²) in [6.07, 6.45) is 1.58. The van der Waals surface area contributed by atoms with Crippen LogP contribution in [0.15, 0.2) is 36.5 Å². The van der Waals surface area contributed by atoms with E-state index in [4.69, 9.17) is 10.00 Å². The first-order chi connectivity index (χ1) is 9.41. The van der Waals surface area contributed by atoms with Gasteiger partial charge in [0.1, 0.15) is 11.8 Å². The van der Waals surface area contributed by atoms with E-state index < -0.39 is 0 Å². The predicted molar refractivity (Wildman–Crippen MR) is 78.9 cm³/mol. The zero-order valence-corrected chi connectivity index (χ0v) is 12.3. The third kappa shape index (κ3) is 2.97. The lowest BCUT2D eigenvalue weighted by Gasteiger charge is -2.20. The lowest BCUT2D eigenvalue weighted by atomic mass is 9.86. The van der Waals surface area contributed by atoms with Crippen molar-refractivity contribution < 1.29 is 4.74 Å². The number of nitrogens with zero attached hydrogens (tertiary/aromatic N) is 2. The average molecular weight is 266 g/mol. The van der Waals surface area contributed by atoms with E-state index in [0.29, 0.717) is 11.4 Å². The van der Waals surface area contributed by atoms with Crippen LogP contribution in [0.1, 0.15) is 37.6 Å². The summed E-state index contributed by atoms with van der Waals surface area (Å²) < 4.78 is 5.81. The molecule has 1 aromatic heterocycles. The van der Waals surface area contributed by atoms with E-state index in [1.165, 1.54) is 5.56 Å². The largest absolute Gasteiger partial charge is 0.454 e. The van der Waals surface area contributed by atoms with Gasteiger partial charge in [-0.05, 0) is 41.7 Å². The van der Waals surface area contributed by atoms with Crippen LogP contribution < -0.4 is 4.74 Å². The first-order valence-electron chi connectivity index (χ1n) is 6.56. The Morgan fingerprint density at radius 2 is 1.90 bits per heavy atom. The minimum absolute atomic E-state index is 0.107. The number of nitriles is 1. The van der Waals surface area contributed by atoms with E-state index in [9.17, 15) is 0 Å². The molecule has 3 heteroatoms. The number of aryl methyl sites for hydroxylation is 1. The number of rotatable bonds is 2. The molecule has 0 N–H and O–H groups in total. The lowest BCUT2D eigenvalue weighted by Crippen LogP contribution is -2.11. The van der Waals surface area contributed by atoms with Gasteiger partial charge >= 0.3 is 0 Å². The molecule has 0 aliphatic rings. The number of benzene rings is 1. The summed E-state index contributed by atoms with van der Waals surface area (Å²) in [4.78, 5) is 3.99. The zero-order valence-electron chi connectivity index (χ0n) is 12.3. The van der Waals surface area contributed by atoms with E-state index in [0.717, 1.165) is 11.3 Å². The molecule has 102 valence electrons. The SMILES string of the molecule is Cc1cc(C(C)(C)C)ccc1Oc1cccnc1C#N. The zero-order chi connectivity index (χ0) is 14.8. The monoisotopic (exact) mass is 266 g/mol. The van der Waals surface area contributed by atoms with Crippen LogP contribution in [-0.4, -0.2) is 4.98 Å². The molecule has 0 unspecified atom stereocenters. The molecule has 0 amide bonds. The van der Waals surface area contributed by atoms with Crippen molar-refractivity contribution in [1.29, 1.82) is 5.26 Å². The Morgan fingerprint density at radius 3 is 2.50 bits per heavy atom. The highest BCUT2D eigenvalue weighted by atomic mass is 16.5. The van der Waals surface area contributed by atoms with Crippen molar-refractivity contribution in [3.63, 3.8) is 0 Å². The highest BCUT2D eigenvalue weighted by Gasteiger charge is 2.15. The Bertz CT molecular complexity index is 663. The van der Waals surface area contributed by atoms with Crippen LogP contribution in [0.4, 0.5) is 0 Å². The molecule has 2 aromatic rings. The number of hydrogen-bond donors (Lipinski definition) is 0. The van der Waals surface area contributed by atoms with Crippen LogP contribution in [0.3, 0.4) is 0 Å². The maximum atomic E-state index is 9.02. The fourth-order valence-corrected chi connectivity index (χ4v) is 1.91. The maximum absolute atomic E-state index is 9.02. The Kier molecular flexibility index (Phi) is 3.76. The molecule has 0 aliphatic carbocycles. The highest BCUT2D eigenvalue weighted by Crippen LogP contribution is 2.30. The molecule has 0 aliphatic heterocycles. The van der Waals surface area contributed by atoms with Crippen LogP contribution in [-0.2, 0) is 5.41 Å². The molecule has 2 rings (SSSR count). The molecule has 0 saturated carbocycles. The Labute approximate surface area is 119 Å². The number of ether oxygens (including phenoxy) is 1. The molecular formula is C17H18N2O. The third-order valence-corrected chi connectivity index (χ3v) is 3.14. The molecule has 0 fully saturated rings. The molecule has 0 spiro atoms. The number of aromatic nitrogens is 1. The normalized spacial score (nSPS) is 10.9. The van der Waals surface area contributed by atoms with Crippen molar-refractivity contribution in [2.24, 2.45) is 0 Å². The first kappa shape index (κ1) is 14.1. The molecule has 1 aromatic carbocycles. The van der Waals surface area contributed by atoms with Crippen LogP contribution >= 0.6 is 0 Å².